The van der Waals surface area contributed by atoms with Crippen LogP contribution in [-0.2, 0) is 9.84 Å². The molecule has 1 aromatic rings. The molecule has 1 aromatic heterocycles. The Morgan fingerprint density at radius 1 is 1.69 bits per heavy atom. The van der Waals surface area contributed by atoms with Crippen molar-refractivity contribution in [1.82, 2.24) is 14.9 Å². The summed E-state index contributed by atoms with van der Waals surface area (Å²) in [6, 6.07) is 0. The van der Waals surface area contributed by atoms with Gasteiger partial charge in [-0.1, -0.05) is 0 Å². The van der Waals surface area contributed by atoms with Crippen LogP contribution >= 0.6 is 12.2 Å². The molecular formula is C5H10N4O2S2. The first-order chi connectivity index (χ1) is 5.84. The maximum atomic E-state index is 11.1. The van der Waals surface area contributed by atoms with Crippen LogP contribution in [0.4, 0.5) is 0 Å². The number of nitrogens with one attached hydrogen (secondary N) is 1. The van der Waals surface area contributed by atoms with Crippen molar-refractivity contribution in [2.75, 3.05) is 12.1 Å². The van der Waals surface area contributed by atoms with Crippen LogP contribution in [-0.4, -0.2) is 29.5 Å². The van der Waals surface area contributed by atoms with Gasteiger partial charge in [0, 0.05) is 6.26 Å². The summed E-state index contributed by atoms with van der Waals surface area (Å²) in [5, 5.41) is 5.38. The minimum Gasteiger partial charge on any atom is -0.335 e. The van der Waals surface area contributed by atoms with Crippen LogP contribution < -0.4 is 5.84 Å². The van der Waals surface area contributed by atoms with Crippen molar-refractivity contribution in [2.24, 2.45) is 0 Å². The van der Waals surface area contributed by atoms with Gasteiger partial charge >= 0.3 is 0 Å². The summed E-state index contributed by atoms with van der Waals surface area (Å²) in [6.45, 7) is 1.50. The smallest absolute Gasteiger partial charge is 0.214 e. The Balaban J connectivity index is 3.25. The van der Waals surface area contributed by atoms with Gasteiger partial charge in [0.2, 0.25) is 4.77 Å². The SMILES string of the molecule is CC(c1n[nH]c(=S)n1N)S(C)(=O)=O. The van der Waals surface area contributed by atoms with Gasteiger partial charge in [0.1, 0.15) is 5.25 Å². The summed E-state index contributed by atoms with van der Waals surface area (Å²) in [5.41, 5.74) is 0. The lowest BCUT2D eigenvalue weighted by Gasteiger charge is -2.06. The van der Waals surface area contributed by atoms with Crippen molar-refractivity contribution in [1.29, 1.82) is 0 Å². The molecule has 0 aromatic carbocycles. The first-order valence-corrected chi connectivity index (χ1v) is 5.81. The normalized spacial score (nSPS) is 14.3. The molecule has 8 heteroatoms. The average molecular weight is 222 g/mol. The van der Waals surface area contributed by atoms with Crippen LogP contribution in [0.15, 0.2) is 0 Å². The summed E-state index contributed by atoms with van der Waals surface area (Å²) in [5.74, 6) is 5.67. The predicted octanol–water partition coefficient (Wildman–Crippen LogP) is -0.240. The first kappa shape index (κ1) is 10.2. The lowest BCUT2D eigenvalue weighted by molar-refractivity contribution is 0.587. The van der Waals surface area contributed by atoms with Crippen molar-refractivity contribution in [2.45, 2.75) is 12.2 Å². The fourth-order valence-electron chi connectivity index (χ4n) is 0.795. The molecule has 0 aliphatic carbocycles. The Labute approximate surface area is 80.6 Å². The van der Waals surface area contributed by atoms with E-state index in [0.717, 1.165) is 10.9 Å². The number of nitrogen functional groups attached to an aromatic ring is 1. The number of rotatable bonds is 2. The number of nitrogens with zero attached hydrogens (tertiary/aromatic N) is 2. The van der Waals surface area contributed by atoms with Gasteiger partial charge in [0.25, 0.3) is 0 Å². The molecule has 0 aliphatic heterocycles. The number of H-pyrrole nitrogens is 1. The fourth-order valence-corrected chi connectivity index (χ4v) is 1.48. The third-order valence-corrected chi connectivity index (χ3v) is 3.52. The quantitative estimate of drug-likeness (QED) is 0.532. The molecule has 1 rings (SSSR count). The third kappa shape index (κ3) is 1.89. The van der Waals surface area contributed by atoms with Gasteiger partial charge < -0.3 is 5.84 Å². The number of nitrogens with two attached hydrogens (primary N) is 1. The summed E-state index contributed by atoms with van der Waals surface area (Å²) in [7, 11) is -3.19. The molecule has 13 heavy (non-hydrogen) atoms. The van der Waals surface area contributed by atoms with Crippen LogP contribution in [0.25, 0.3) is 0 Å². The maximum Gasteiger partial charge on any atom is 0.214 e. The second-order valence-electron chi connectivity index (χ2n) is 2.73. The molecule has 74 valence electrons. The molecule has 0 saturated carbocycles. The minimum absolute atomic E-state index is 0.200. The molecule has 0 saturated heterocycles. The molecule has 1 heterocycles. The predicted molar refractivity (Wildman–Crippen MR) is 50.8 cm³/mol. The first-order valence-electron chi connectivity index (χ1n) is 3.45. The Hall–Kier alpha value is -0.890. The van der Waals surface area contributed by atoms with E-state index < -0.39 is 15.1 Å². The molecule has 0 aliphatic rings. The van der Waals surface area contributed by atoms with Crippen molar-refractivity contribution < 1.29 is 8.42 Å². The maximum absolute atomic E-state index is 11.1. The van der Waals surface area contributed by atoms with Gasteiger partial charge in [-0.3, -0.25) is 5.10 Å². The van der Waals surface area contributed by atoms with Gasteiger partial charge in [0.05, 0.1) is 0 Å². The highest BCUT2D eigenvalue weighted by Gasteiger charge is 2.22. The molecule has 0 spiro atoms. The summed E-state index contributed by atoms with van der Waals surface area (Å²) >= 11 is 4.74. The Morgan fingerprint density at radius 2 is 2.23 bits per heavy atom. The van der Waals surface area contributed by atoms with Crippen LogP contribution in [0.5, 0.6) is 0 Å². The van der Waals surface area contributed by atoms with Gasteiger partial charge in [0.15, 0.2) is 15.7 Å². The van der Waals surface area contributed by atoms with Crippen molar-refractivity contribution in [3.05, 3.63) is 10.6 Å². The topological polar surface area (TPSA) is 93.8 Å². The lowest BCUT2D eigenvalue weighted by Crippen LogP contribution is -2.19. The van der Waals surface area contributed by atoms with E-state index in [1.807, 2.05) is 0 Å². The number of aromatic amines is 1. The van der Waals surface area contributed by atoms with E-state index in [-0.39, 0.29) is 10.6 Å². The van der Waals surface area contributed by atoms with Crippen molar-refractivity contribution in [3.63, 3.8) is 0 Å². The van der Waals surface area contributed by atoms with Crippen LogP contribution in [0.1, 0.15) is 18.0 Å². The zero-order valence-electron chi connectivity index (χ0n) is 7.18. The van der Waals surface area contributed by atoms with Gasteiger partial charge in [-0.25, -0.2) is 13.1 Å². The second kappa shape index (κ2) is 3.11. The summed E-state index contributed by atoms with van der Waals surface area (Å²) in [4.78, 5) is 0. The van der Waals surface area contributed by atoms with Gasteiger partial charge in [-0.2, -0.15) is 5.10 Å². The Morgan fingerprint density at radius 3 is 2.54 bits per heavy atom. The van der Waals surface area contributed by atoms with E-state index in [2.05, 4.69) is 10.2 Å². The van der Waals surface area contributed by atoms with Crippen molar-refractivity contribution in [3.8, 4) is 0 Å². The average Bonchev–Trinajstić information content (AvgIpc) is 2.30. The Bertz CT molecular complexity index is 457. The van der Waals surface area contributed by atoms with E-state index in [1.165, 1.54) is 6.92 Å². The number of hydrogen-bond donors (Lipinski definition) is 2. The largest absolute Gasteiger partial charge is 0.335 e. The van der Waals surface area contributed by atoms with Crippen LogP contribution in [0.3, 0.4) is 0 Å². The monoisotopic (exact) mass is 222 g/mol. The van der Waals surface area contributed by atoms with E-state index in [0.29, 0.717) is 0 Å². The fraction of sp³-hybridized carbons (Fsp3) is 0.600. The van der Waals surface area contributed by atoms with E-state index in [9.17, 15) is 8.42 Å². The molecule has 6 nitrogen and oxygen atoms in total. The van der Waals surface area contributed by atoms with Crippen LogP contribution in [0, 0.1) is 4.77 Å². The molecule has 3 N–H and O–H groups in total. The molecule has 0 amide bonds. The van der Waals surface area contributed by atoms with Gasteiger partial charge in [-0.15, -0.1) is 0 Å². The summed E-state index contributed by atoms with van der Waals surface area (Å²) in [6.07, 6.45) is 1.12. The second-order valence-corrected chi connectivity index (χ2v) is 5.48. The molecular weight excluding hydrogens is 212 g/mol. The molecule has 1 atom stereocenters. The molecule has 0 radical (unpaired) electrons. The zero-order valence-corrected chi connectivity index (χ0v) is 8.82. The third-order valence-electron chi connectivity index (χ3n) is 1.74. The zero-order chi connectivity index (χ0) is 10.2. The van der Waals surface area contributed by atoms with Crippen LogP contribution in [0.2, 0.25) is 0 Å². The highest BCUT2D eigenvalue weighted by Crippen LogP contribution is 2.16. The molecule has 0 fully saturated rings. The number of hydrogen-bond acceptors (Lipinski definition) is 5. The molecule has 0 bridgehead atoms. The lowest BCUT2D eigenvalue weighted by atomic mass is 10.4. The number of aromatic nitrogens is 3. The number of sulfone groups is 1. The standard InChI is InChI=1S/C5H10N4O2S2/c1-3(13(2,10)11)4-7-8-5(12)9(4)6/h3H,6H2,1-2H3,(H,8,12). The van der Waals surface area contributed by atoms with Crippen molar-refractivity contribution >= 4 is 22.1 Å². The minimum atomic E-state index is -3.19. The van der Waals surface area contributed by atoms with E-state index in [4.69, 9.17) is 18.1 Å². The van der Waals surface area contributed by atoms with E-state index in [1.54, 1.807) is 0 Å². The highest BCUT2D eigenvalue weighted by atomic mass is 32.2. The highest BCUT2D eigenvalue weighted by molar-refractivity contribution is 7.90. The van der Waals surface area contributed by atoms with Gasteiger partial charge in [-0.05, 0) is 19.1 Å². The van der Waals surface area contributed by atoms with E-state index >= 15 is 0 Å². The Kier molecular flexibility index (Phi) is 2.44. The molecule has 1 unspecified atom stereocenters. The summed E-state index contributed by atoms with van der Waals surface area (Å²) < 4.78 is 23.5.